The zero-order valence-corrected chi connectivity index (χ0v) is 15.3. The molecule has 0 saturated carbocycles. The summed E-state index contributed by atoms with van der Waals surface area (Å²) >= 11 is 5.83. The summed E-state index contributed by atoms with van der Waals surface area (Å²) in [5.41, 5.74) is 1.42. The van der Waals surface area contributed by atoms with Gasteiger partial charge >= 0.3 is 0 Å². The van der Waals surface area contributed by atoms with Crippen LogP contribution in [-0.2, 0) is 0 Å². The van der Waals surface area contributed by atoms with Crippen LogP contribution in [0.4, 0.5) is 10.1 Å². The van der Waals surface area contributed by atoms with Crippen molar-refractivity contribution in [3.05, 3.63) is 81.1 Å². The maximum atomic E-state index is 13.4. The number of nitrogens with one attached hydrogen (secondary N) is 1. The number of hydrogen-bond acceptors (Lipinski definition) is 5. The second-order valence-electron chi connectivity index (χ2n) is 6.04. The van der Waals surface area contributed by atoms with Crippen molar-refractivity contribution in [2.45, 2.75) is 0 Å². The lowest BCUT2D eigenvalue weighted by molar-refractivity contribution is -0.384. The van der Waals surface area contributed by atoms with Crippen molar-refractivity contribution >= 4 is 40.0 Å². The summed E-state index contributed by atoms with van der Waals surface area (Å²) in [4.78, 5) is 17.7. The van der Waals surface area contributed by atoms with Crippen molar-refractivity contribution in [2.75, 3.05) is 0 Å². The molecule has 0 fully saturated rings. The van der Waals surface area contributed by atoms with Gasteiger partial charge in [-0.15, -0.1) is 0 Å². The average Bonchev–Trinajstić information content (AvgIpc) is 3.32. The molecule has 0 aliphatic carbocycles. The van der Waals surface area contributed by atoms with Crippen LogP contribution in [0.1, 0.15) is 11.6 Å². The summed E-state index contributed by atoms with van der Waals surface area (Å²) in [7, 11) is 0. The lowest BCUT2D eigenvalue weighted by Gasteiger charge is -1.99. The summed E-state index contributed by atoms with van der Waals surface area (Å²) in [5.74, 6) is 0.580. The Hall–Kier alpha value is -3.96. The first-order chi connectivity index (χ1) is 13.9. The number of rotatable bonds is 4. The molecule has 29 heavy (non-hydrogen) atoms. The van der Waals surface area contributed by atoms with Gasteiger partial charge in [0.05, 0.1) is 21.5 Å². The predicted octanol–water partition coefficient (Wildman–Crippen LogP) is 5.59. The molecular formula is C20H10ClFN4O3. The maximum Gasteiger partial charge on any atom is 0.288 e. The van der Waals surface area contributed by atoms with Gasteiger partial charge in [-0.25, -0.2) is 9.37 Å². The number of benzene rings is 2. The van der Waals surface area contributed by atoms with E-state index >= 15 is 0 Å². The molecule has 0 aliphatic heterocycles. The summed E-state index contributed by atoms with van der Waals surface area (Å²) in [6.07, 6.45) is 1.47. The Morgan fingerprint density at radius 3 is 2.86 bits per heavy atom. The number of furan rings is 1. The Bertz CT molecular complexity index is 1330. The van der Waals surface area contributed by atoms with Gasteiger partial charge in [-0.2, -0.15) is 5.26 Å². The lowest BCUT2D eigenvalue weighted by atomic mass is 10.1. The quantitative estimate of drug-likeness (QED) is 0.269. The SMILES string of the molecule is N#C/C(=C\c1ccc(-c2ccc(Cl)c([N+](=O)[O-])c2)o1)c1nc2ccc(F)cc2[nH]1. The number of allylic oxidation sites excluding steroid dienone is 1. The molecule has 0 bridgehead atoms. The molecule has 0 atom stereocenters. The number of H-pyrrole nitrogens is 1. The molecule has 2 aromatic carbocycles. The fraction of sp³-hybridized carbons (Fsp3) is 0. The number of imidazole rings is 1. The topological polar surface area (TPSA) is 109 Å². The Morgan fingerprint density at radius 1 is 1.28 bits per heavy atom. The molecule has 1 N–H and O–H groups in total. The largest absolute Gasteiger partial charge is 0.457 e. The smallest absolute Gasteiger partial charge is 0.288 e. The Morgan fingerprint density at radius 2 is 2.10 bits per heavy atom. The van der Waals surface area contributed by atoms with E-state index in [1.807, 2.05) is 6.07 Å². The summed E-state index contributed by atoms with van der Waals surface area (Å²) in [6, 6.07) is 13.7. The Kier molecular flexibility index (Phi) is 4.58. The number of fused-ring (bicyclic) bond motifs is 1. The summed E-state index contributed by atoms with van der Waals surface area (Å²) in [6.45, 7) is 0. The van der Waals surface area contributed by atoms with Crippen LogP contribution >= 0.6 is 11.6 Å². The first-order valence-electron chi connectivity index (χ1n) is 8.26. The van der Waals surface area contributed by atoms with E-state index in [1.54, 1.807) is 18.2 Å². The fourth-order valence-electron chi connectivity index (χ4n) is 2.80. The molecule has 0 amide bonds. The number of nitriles is 1. The van der Waals surface area contributed by atoms with E-state index in [2.05, 4.69) is 9.97 Å². The van der Waals surface area contributed by atoms with Crippen LogP contribution in [0, 0.1) is 27.3 Å². The van der Waals surface area contributed by atoms with Gasteiger partial charge in [-0.1, -0.05) is 11.6 Å². The van der Waals surface area contributed by atoms with Crippen molar-refractivity contribution in [3.8, 4) is 17.4 Å². The standard InChI is InChI=1S/C20H10ClFN4O3/c21-15-4-1-11(8-18(15)26(27)28)19-6-3-14(29-19)7-12(10-23)20-24-16-5-2-13(22)9-17(16)25-20/h1-9H,(H,24,25)/b12-7+. The van der Waals surface area contributed by atoms with Crippen LogP contribution in [0.3, 0.4) is 0 Å². The molecular weight excluding hydrogens is 399 g/mol. The van der Waals surface area contributed by atoms with Gasteiger partial charge in [-0.3, -0.25) is 10.1 Å². The number of nitro benzene ring substituents is 1. The van der Waals surface area contributed by atoms with Crippen LogP contribution in [0.2, 0.25) is 5.02 Å². The van der Waals surface area contributed by atoms with Gasteiger partial charge in [0.25, 0.3) is 5.69 Å². The lowest BCUT2D eigenvalue weighted by Crippen LogP contribution is -1.89. The second kappa shape index (κ2) is 7.22. The summed E-state index contributed by atoms with van der Waals surface area (Å²) < 4.78 is 19.0. The average molecular weight is 409 g/mol. The van der Waals surface area contributed by atoms with Crippen LogP contribution in [0.25, 0.3) is 34.0 Å². The number of nitro groups is 1. The molecule has 0 aliphatic rings. The molecule has 0 unspecified atom stereocenters. The van der Waals surface area contributed by atoms with Gasteiger partial charge in [-0.05, 0) is 42.5 Å². The minimum Gasteiger partial charge on any atom is -0.457 e. The summed E-state index contributed by atoms with van der Waals surface area (Å²) in [5, 5.41) is 20.6. The third kappa shape index (κ3) is 3.59. The number of nitrogens with zero attached hydrogens (tertiary/aromatic N) is 3. The van der Waals surface area contributed by atoms with Crippen molar-refractivity contribution in [1.29, 1.82) is 5.26 Å². The monoisotopic (exact) mass is 408 g/mol. The number of hydrogen-bond donors (Lipinski definition) is 1. The molecule has 142 valence electrons. The highest BCUT2D eigenvalue weighted by molar-refractivity contribution is 6.32. The van der Waals surface area contributed by atoms with Crippen molar-refractivity contribution in [2.24, 2.45) is 0 Å². The normalized spacial score (nSPS) is 11.6. The van der Waals surface area contributed by atoms with Gasteiger partial charge in [0, 0.05) is 17.7 Å². The molecule has 0 saturated heterocycles. The molecule has 2 heterocycles. The fourth-order valence-corrected chi connectivity index (χ4v) is 2.98. The maximum absolute atomic E-state index is 13.4. The van der Waals surface area contributed by atoms with Gasteiger partial charge in [0.15, 0.2) is 0 Å². The minimum absolute atomic E-state index is 0.0264. The van der Waals surface area contributed by atoms with E-state index in [1.165, 1.54) is 36.4 Å². The number of halogens is 2. The first-order valence-corrected chi connectivity index (χ1v) is 8.64. The van der Waals surface area contributed by atoms with Gasteiger partial charge < -0.3 is 9.40 Å². The molecule has 0 radical (unpaired) electrons. The zero-order chi connectivity index (χ0) is 20.5. The van der Waals surface area contributed by atoms with E-state index in [0.717, 1.165) is 0 Å². The molecule has 9 heteroatoms. The molecule has 4 aromatic rings. The first kappa shape index (κ1) is 18.4. The molecule has 7 nitrogen and oxygen atoms in total. The van der Waals surface area contributed by atoms with E-state index in [4.69, 9.17) is 16.0 Å². The van der Waals surface area contributed by atoms with Gasteiger partial charge in [0.1, 0.15) is 34.3 Å². The van der Waals surface area contributed by atoms with E-state index in [0.29, 0.717) is 28.1 Å². The third-order valence-corrected chi connectivity index (χ3v) is 4.48. The second-order valence-corrected chi connectivity index (χ2v) is 6.45. The predicted molar refractivity (Wildman–Crippen MR) is 105 cm³/mol. The zero-order valence-electron chi connectivity index (χ0n) is 14.5. The van der Waals surface area contributed by atoms with E-state index in [-0.39, 0.29) is 22.1 Å². The van der Waals surface area contributed by atoms with Crippen LogP contribution in [0.5, 0.6) is 0 Å². The highest BCUT2D eigenvalue weighted by Crippen LogP contribution is 2.32. The minimum atomic E-state index is -0.576. The van der Waals surface area contributed by atoms with E-state index < -0.39 is 10.7 Å². The van der Waals surface area contributed by atoms with Crippen molar-refractivity contribution in [1.82, 2.24) is 9.97 Å². The van der Waals surface area contributed by atoms with Crippen LogP contribution < -0.4 is 0 Å². The van der Waals surface area contributed by atoms with Crippen molar-refractivity contribution in [3.63, 3.8) is 0 Å². The number of aromatic amines is 1. The Labute approximate surface area is 167 Å². The highest BCUT2D eigenvalue weighted by atomic mass is 35.5. The Balaban J connectivity index is 1.69. The van der Waals surface area contributed by atoms with Crippen molar-refractivity contribution < 1.29 is 13.7 Å². The van der Waals surface area contributed by atoms with Gasteiger partial charge in [0.2, 0.25) is 0 Å². The van der Waals surface area contributed by atoms with Crippen LogP contribution in [-0.4, -0.2) is 14.9 Å². The molecule has 2 aromatic heterocycles. The molecule has 0 spiro atoms. The van der Waals surface area contributed by atoms with Crippen LogP contribution in [0.15, 0.2) is 52.9 Å². The number of aromatic nitrogens is 2. The third-order valence-electron chi connectivity index (χ3n) is 4.16. The van der Waals surface area contributed by atoms with E-state index in [9.17, 15) is 19.8 Å². The highest BCUT2D eigenvalue weighted by Gasteiger charge is 2.15. The molecule has 4 rings (SSSR count).